The minimum Gasteiger partial charge on any atom is -0.368 e. The van der Waals surface area contributed by atoms with Gasteiger partial charge in [0, 0.05) is 18.0 Å². The third-order valence-corrected chi connectivity index (χ3v) is 6.53. The molecular weight excluding hydrogens is 418 g/mol. The molecule has 3 aromatic heterocycles. The average molecular weight is 437 g/mol. The fourth-order valence-corrected chi connectivity index (χ4v) is 4.30. The molecule has 5 rings (SSSR count). The number of hydrogen-bond acceptors (Lipinski definition) is 9. The van der Waals surface area contributed by atoms with Gasteiger partial charge in [-0.1, -0.05) is 35.8 Å². The minimum atomic E-state index is -3.48. The standard InChI is InChI=1S/C20H19N7O3S/c1-31(28,29)27-12-15(11-24-27)17-25-18(26-30-17)20(7-2-8-20)16-5-3-13(4-6-16)14-9-22-19(21)23-10-14/h3-6,9-12H,2,7-8H2,1H3,(H2,21,22,23). The molecule has 10 nitrogen and oxygen atoms in total. The van der Waals surface area contributed by atoms with Crippen molar-refractivity contribution in [3.05, 3.63) is 60.4 Å². The summed E-state index contributed by atoms with van der Waals surface area (Å²) in [7, 11) is -3.48. The molecule has 2 N–H and O–H groups in total. The van der Waals surface area contributed by atoms with Gasteiger partial charge in [-0.15, -0.1) is 0 Å². The molecule has 4 aromatic rings. The summed E-state index contributed by atoms with van der Waals surface area (Å²) in [6.45, 7) is 0. The van der Waals surface area contributed by atoms with E-state index in [9.17, 15) is 8.42 Å². The number of rotatable bonds is 5. The van der Waals surface area contributed by atoms with Crippen molar-refractivity contribution in [2.45, 2.75) is 24.7 Å². The Bertz CT molecular complexity index is 1340. The van der Waals surface area contributed by atoms with E-state index in [4.69, 9.17) is 10.3 Å². The number of nitrogens with zero attached hydrogens (tertiary/aromatic N) is 6. The topological polar surface area (TPSA) is 143 Å². The van der Waals surface area contributed by atoms with E-state index in [0.29, 0.717) is 11.4 Å². The summed E-state index contributed by atoms with van der Waals surface area (Å²) in [5.41, 5.74) is 8.65. The van der Waals surface area contributed by atoms with Crippen LogP contribution in [0.1, 0.15) is 30.7 Å². The zero-order chi connectivity index (χ0) is 21.6. The van der Waals surface area contributed by atoms with Gasteiger partial charge in [0.05, 0.1) is 29.6 Å². The lowest BCUT2D eigenvalue weighted by atomic mass is 9.64. The zero-order valence-corrected chi connectivity index (χ0v) is 17.5. The van der Waals surface area contributed by atoms with Crippen LogP contribution in [-0.4, -0.2) is 44.0 Å². The van der Waals surface area contributed by atoms with Gasteiger partial charge in [0.1, 0.15) is 0 Å². The van der Waals surface area contributed by atoms with Crippen LogP contribution in [0, 0.1) is 0 Å². The fraction of sp³-hybridized carbons (Fsp3) is 0.250. The Balaban J connectivity index is 1.45. The van der Waals surface area contributed by atoms with E-state index in [1.165, 1.54) is 12.4 Å². The van der Waals surface area contributed by atoms with Crippen LogP contribution in [0.3, 0.4) is 0 Å². The summed E-state index contributed by atoms with van der Waals surface area (Å²) >= 11 is 0. The van der Waals surface area contributed by atoms with E-state index in [2.05, 4.69) is 37.3 Å². The number of aromatic nitrogens is 6. The average Bonchev–Trinajstić information content (AvgIpc) is 3.38. The van der Waals surface area contributed by atoms with Crippen LogP contribution >= 0.6 is 0 Å². The Hall–Kier alpha value is -3.60. The summed E-state index contributed by atoms with van der Waals surface area (Å²) < 4.78 is 29.6. The predicted molar refractivity (Wildman–Crippen MR) is 112 cm³/mol. The van der Waals surface area contributed by atoms with Crippen molar-refractivity contribution in [2.75, 3.05) is 12.0 Å². The van der Waals surface area contributed by atoms with E-state index in [0.717, 1.165) is 46.3 Å². The molecule has 11 heteroatoms. The van der Waals surface area contributed by atoms with Crippen molar-refractivity contribution in [2.24, 2.45) is 0 Å². The van der Waals surface area contributed by atoms with E-state index in [1.54, 1.807) is 12.4 Å². The molecule has 3 heterocycles. The molecule has 0 unspecified atom stereocenters. The van der Waals surface area contributed by atoms with Crippen molar-refractivity contribution in [3.63, 3.8) is 0 Å². The Kier molecular flexibility index (Phi) is 4.36. The summed E-state index contributed by atoms with van der Waals surface area (Å²) in [6.07, 6.45) is 10.1. The van der Waals surface area contributed by atoms with Gasteiger partial charge < -0.3 is 10.3 Å². The Morgan fingerprint density at radius 1 is 1.03 bits per heavy atom. The minimum absolute atomic E-state index is 0.240. The number of nitrogen functional groups attached to an aromatic ring is 1. The molecular formula is C20H19N7O3S. The van der Waals surface area contributed by atoms with Crippen LogP contribution in [0.25, 0.3) is 22.6 Å². The largest absolute Gasteiger partial charge is 0.368 e. The van der Waals surface area contributed by atoms with Gasteiger partial charge in [0.25, 0.3) is 15.9 Å². The van der Waals surface area contributed by atoms with Gasteiger partial charge in [0.15, 0.2) is 5.82 Å². The van der Waals surface area contributed by atoms with E-state index in [1.807, 2.05) is 12.1 Å². The lowest BCUT2D eigenvalue weighted by molar-refractivity contribution is 0.273. The van der Waals surface area contributed by atoms with Crippen molar-refractivity contribution in [1.29, 1.82) is 0 Å². The molecule has 1 fully saturated rings. The highest BCUT2D eigenvalue weighted by molar-refractivity contribution is 7.89. The van der Waals surface area contributed by atoms with Gasteiger partial charge in [-0.2, -0.15) is 14.2 Å². The first-order valence-corrected chi connectivity index (χ1v) is 11.5. The van der Waals surface area contributed by atoms with Crippen molar-refractivity contribution >= 4 is 16.0 Å². The van der Waals surface area contributed by atoms with Gasteiger partial charge in [-0.05, 0) is 24.0 Å². The summed E-state index contributed by atoms with van der Waals surface area (Å²) in [6, 6.07) is 8.15. The Labute approximate surface area is 178 Å². The summed E-state index contributed by atoms with van der Waals surface area (Å²) in [4.78, 5) is 12.7. The lowest BCUT2D eigenvalue weighted by Gasteiger charge is -2.39. The fourth-order valence-electron chi connectivity index (χ4n) is 3.77. The third kappa shape index (κ3) is 3.36. The highest BCUT2D eigenvalue weighted by atomic mass is 32.2. The van der Waals surface area contributed by atoms with E-state index < -0.39 is 10.0 Å². The molecule has 0 saturated heterocycles. The van der Waals surface area contributed by atoms with Gasteiger partial charge in [-0.25, -0.2) is 18.4 Å². The Morgan fingerprint density at radius 3 is 2.32 bits per heavy atom. The van der Waals surface area contributed by atoms with Gasteiger partial charge in [0.2, 0.25) is 5.95 Å². The SMILES string of the molecule is CS(=O)(=O)n1cc(-c2nc(C3(c4ccc(-c5cnc(N)nc5)cc4)CCC3)no2)cn1. The first kappa shape index (κ1) is 19.4. The number of nitrogens with two attached hydrogens (primary N) is 1. The monoisotopic (exact) mass is 437 g/mol. The zero-order valence-electron chi connectivity index (χ0n) is 16.6. The molecule has 0 radical (unpaired) electrons. The molecule has 0 bridgehead atoms. The van der Waals surface area contributed by atoms with Gasteiger partial charge >= 0.3 is 0 Å². The smallest absolute Gasteiger partial charge is 0.261 e. The molecule has 1 aliphatic carbocycles. The second-order valence-electron chi connectivity index (χ2n) is 7.63. The highest BCUT2D eigenvalue weighted by Gasteiger charge is 2.44. The molecule has 0 atom stereocenters. The molecule has 0 aliphatic heterocycles. The maximum absolute atomic E-state index is 11.6. The first-order valence-electron chi connectivity index (χ1n) is 9.63. The van der Waals surface area contributed by atoms with Crippen molar-refractivity contribution in [3.8, 4) is 22.6 Å². The molecule has 0 amide bonds. The number of benzene rings is 1. The van der Waals surface area contributed by atoms with Crippen LogP contribution in [-0.2, 0) is 15.4 Å². The van der Waals surface area contributed by atoms with Crippen LogP contribution in [0.2, 0.25) is 0 Å². The van der Waals surface area contributed by atoms with Crippen molar-refractivity contribution < 1.29 is 12.9 Å². The quantitative estimate of drug-likeness (QED) is 0.497. The second kappa shape index (κ2) is 6.98. The van der Waals surface area contributed by atoms with Gasteiger partial charge in [-0.3, -0.25) is 0 Å². The maximum Gasteiger partial charge on any atom is 0.261 e. The van der Waals surface area contributed by atoms with E-state index in [-0.39, 0.29) is 17.3 Å². The van der Waals surface area contributed by atoms with Crippen LogP contribution in [0.5, 0.6) is 0 Å². The van der Waals surface area contributed by atoms with Crippen LogP contribution in [0.15, 0.2) is 53.6 Å². The summed E-state index contributed by atoms with van der Waals surface area (Å²) in [5.74, 6) is 1.07. The Morgan fingerprint density at radius 2 is 1.74 bits per heavy atom. The molecule has 1 aromatic carbocycles. The first-order chi connectivity index (χ1) is 14.8. The van der Waals surface area contributed by atoms with Crippen LogP contribution < -0.4 is 5.73 Å². The molecule has 1 saturated carbocycles. The van der Waals surface area contributed by atoms with E-state index >= 15 is 0 Å². The molecule has 31 heavy (non-hydrogen) atoms. The number of hydrogen-bond donors (Lipinski definition) is 1. The molecule has 158 valence electrons. The lowest BCUT2D eigenvalue weighted by Crippen LogP contribution is -2.36. The number of anilines is 1. The molecule has 0 spiro atoms. The highest BCUT2D eigenvalue weighted by Crippen LogP contribution is 2.48. The predicted octanol–water partition coefficient (Wildman–Crippen LogP) is 2.25. The second-order valence-corrected chi connectivity index (χ2v) is 9.47. The molecule has 1 aliphatic rings. The normalized spacial score (nSPS) is 15.5. The maximum atomic E-state index is 11.6. The van der Waals surface area contributed by atoms with Crippen LogP contribution in [0.4, 0.5) is 5.95 Å². The third-order valence-electron chi connectivity index (χ3n) is 5.65. The van der Waals surface area contributed by atoms with Crippen molar-refractivity contribution in [1.82, 2.24) is 29.3 Å². The summed E-state index contributed by atoms with van der Waals surface area (Å²) in [5, 5.41) is 8.07.